The number of ether oxygens (including phenoxy) is 12. The van der Waals surface area contributed by atoms with Crippen LogP contribution >= 0.6 is 0 Å². The van der Waals surface area contributed by atoms with Crippen LogP contribution < -0.4 is 0 Å². The van der Waals surface area contributed by atoms with Crippen LogP contribution in [0.25, 0.3) is 0 Å². The van der Waals surface area contributed by atoms with Crippen molar-refractivity contribution < 1.29 is 116 Å². The lowest BCUT2D eigenvalue weighted by Crippen LogP contribution is -2.67. The highest BCUT2D eigenvalue weighted by atomic mass is 32.2. The van der Waals surface area contributed by atoms with E-state index < -0.39 is 165 Å². The number of methoxy groups -OCH3 is 4. The third-order valence-corrected chi connectivity index (χ3v) is 10.3. The van der Waals surface area contributed by atoms with Crippen molar-refractivity contribution in [1.82, 2.24) is 0 Å². The van der Waals surface area contributed by atoms with E-state index in [1.54, 1.807) is 0 Å². The first-order valence-electron chi connectivity index (χ1n) is 17.2. The molecule has 0 aromatic heterocycles. The van der Waals surface area contributed by atoms with Gasteiger partial charge in [0.25, 0.3) is 10.1 Å². The van der Waals surface area contributed by atoms with Crippen LogP contribution in [0.1, 0.15) is 0 Å². The van der Waals surface area contributed by atoms with Crippen molar-refractivity contribution in [2.75, 3.05) is 67.2 Å². The van der Waals surface area contributed by atoms with Crippen molar-refractivity contribution in [2.45, 2.75) is 123 Å². The van der Waals surface area contributed by atoms with Crippen LogP contribution in [0.3, 0.4) is 0 Å². The number of aliphatic hydroxyl groups excluding tert-OH is 9. The van der Waals surface area contributed by atoms with Crippen LogP contribution in [0.5, 0.6) is 0 Å². The molecule has 0 bridgehead atoms. The van der Waals surface area contributed by atoms with Crippen molar-refractivity contribution in [1.29, 1.82) is 0 Å². The van der Waals surface area contributed by atoms with E-state index in [0.29, 0.717) is 0 Å². The monoisotopic (exact) mass is 830 g/mol. The minimum absolute atomic E-state index is 0.200. The van der Waals surface area contributed by atoms with Gasteiger partial charge in [0.15, 0.2) is 25.2 Å². The van der Waals surface area contributed by atoms with Crippen LogP contribution in [0, 0.1) is 0 Å². The quantitative estimate of drug-likeness (QED) is 0.0453. The molecule has 0 aromatic carbocycles. The Morgan fingerprint density at radius 3 is 1.42 bits per heavy atom. The van der Waals surface area contributed by atoms with Crippen LogP contribution in [0.2, 0.25) is 0 Å². The van der Waals surface area contributed by atoms with Crippen molar-refractivity contribution in [2.24, 2.45) is 0 Å². The van der Waals surface area contributed by atoms with E-state index in [9.17, 15) is 54.4 Å². The lowest BCUT2D eigenvalue weighted by atomic mass is 9.96. The van der Waals surface area contributed by atoms with Crippen molar-refractivity contribution in [3.63, 3.8) is 0 Å². The summed E-state index contributed by atoms with van der Waals surface area (Å²) < 4.78 is 97.5. The Bertz CT molecular complexity index is 1250. The van der Waals surface area contributed by atoms with Crippen LogP contribution in [0.15, 0.2) is 0 Å². The number of aliphatic hydroxyl groups is 9. The largest absolute Gasteiger partial charge is 0.394 e. The van der Waals surface area contributed by atoms with E-state index in [0.717, 1.165) is 0 Å². The maximum Gasteiger partial charge on any atom is 0.267 e. The number of rotatable bonds is 18. The van der Waals surface area contributed by atoms with Crippen molar-refractivity contribution in [3.05, 3.63) is 0 Å². The molecule has 0 aromatic rings. The van der Waals surface area contributed by atoms with Gasteiger partial charge in [-0.05, 0) is 0 Å². The molecule has 4 fully saturated rings. The molecule has 4 aliphatic heterocycles. The zero-order valence-electron chi connectivity index (χ0n) is 30.4. The summed E-state index contributed by atoms with van der Waals surface area (Å²) in [4.78, 5) is 0. The van der Waals surface area contributed by atoms with E-state index >= 15 is 0 Å². The van der Waals surface area contributed by atoms with Gasteiger partial charge in [-0.15, -0.1) is 0 Å². The van der Waals surface area contributed by atoms with E-state index in [1.807, 2.05) is 0 Å². The van der Waals surface area contributed by atoms with Gasteiger partial charge in [0, 0.05) is 28.4 Å². The molecular weight excluding hydrogens is 776 g/mol. The predicted molar refractivity (Wildman–Crippen MR) is 173 cm³/mol. The minimum atomic E-state index is -4.35. The molecule has 324 valence electrons. The molecule has 4 saturated heterocycles. The van der Waals surface area contributed by atoms with Gasteiger partial charge in [-0.1, -0.05) is 0 Å². The van der Waals surface area contributed by atoms with Gasteiger partial charge in [0.1, 0.15) is 97.7 Å². The summed E-state index contributed by atoms with van der Waals surface area (Å²) in [5.41, 5.74) is 0. The standard InChI is InChI=1S/C30H54O24S/c1-43-8-12-25(17(34)19(36)27(46-4)50-12)53-30-22(39)18(35)26(54-29-21(38)16(33)23(44-2)11(7-31)49-29)14(52-30)10-48-28-20(37)15(32)24(45-3)13(51-28)9-47-5-6-55(40,41)42/h11-39H,5-10H2,1-4H3,(H,40,41,42)/t11?,12?,13?,14?,15-,16-,17-,18-,19?,20?,21?,22?,23-,24-,25-,26-,27+,28+,29-,30-/m1/s1. The first-order chi connectivity index (χ1) is 26.0. The molecule has 10 N–H and O–H groups in total. The topological polar surface area (TPSA) is 347 Å². The van der Waals surface area contributed by atoms with Crippen LogP contribution in [0.4, 0.5) is 0 Å². The van der Waals surface area contributed by atoms with Crippen LogP contribution in [-0.4, -0.2) is 249 Å². The number of hydrogen-bond donors (Lipinski definition) is 10. The number of hydrogen-bond acceptors (Lipinski definition) is 23. The maximum atomic E-state index is 11.4. The van der Waals surface area contributed by atoms with Gasteiger partial charge >= 0.3 is 0 Å². The Kier molecular flexibility index (Phi) is 17.7. The van der Waals surface area contributed by atoms with Crippen LogP contribution in [-0.2, 0) is 67.0 Å². The van der Waals surface area contributed by atoms with Crippen molar-refractivity contribution >= 4 is 10.1 Å². The highest BCUT2D eigenvalue weighted by Gasteiger charge is 2.54. The summed E-state index contributed by atoms with van der Waals surface area (Å²) in [5.74, 6) is -0.746. The second kappa shape index (κ2) is 20.9. The third-order valence-electron chi connectivity index (χ3n) is 9.63. The highest BCUT2D eigenvalue weighted by Crippen LogP contribution is 2.34. The average Bonchev–Trinajstić information content (AvgIpc) is 3.14. The molecule has 25 heteroatoms. The summed E-state index contributed by atoms with van der Waals surface area (Å²) in [5, 5.41) is 97.2. The Balaban J connectivity index is 1.57. The predicted octanol–water partition coefficient (Wildman–Crippen LogP) is -7.22. The maximum absolute atomic E-state index is 11.4. The molecule has 8 unspecified atom stereocenters. The van der Waals surface area contributed by atoms with Gasteiger partial charge in [0.05, 0.1) is 38.8 Å². The summed E-state index contributed by atoms with van der Waals surface area (Å²) in [6.45, 7) is -2.47. The Labute approximate surface area is 315 Å². The summed E-state index contributed by atoms with van der Waals surface area (Å²) in [6, 6.07) is 0. The molecule has 4 rings (SSSR count). The van der Waals surface area contributed by atoms with E-state index in [1.165, 1.54) is 28.4 Å². The highest BCUT2D eigenvalue weighted by molar-refractivity contribution is 7.85. The van der Waals surface area contributed by atoms with E-state index in [2.05, 4.69) is 0 Å². The lowest BCUT2D eigenvalue weighted by Gasteiger charge is -2.49. The molecule has 20 atom stereocenters. The lowest BCUT2D eigenvalue weighted by molar-refractivity contribution is -0.384. The van der Waals surface area contributed by atoms with Gasteiger partial charge in [-0.2, -0.15) is 8.42 Å². The Morgan fingerprint density at radius 2 is 0.927 bits per heavy atom. The normalized spacial score (nSPS) is 45.8. The van der Waals surface area contributed by atoms with Gasteiger partial charge in [-0.3, -0.25) is 4.55 Å². The molecule has 4 heterocycles. The molecule has 24 nitrogen and oxygen atoms in total. The fraction of sp³-hybridized carbons (Fsp3) is 1.00. The van der Waals surface area contributed by atoms with E-state index in [4.69, 9.17) is 61.4 Å². The first-order valence-corrected chi connectivity index (χ1v) is 18.8. The smallest absolute Gasteiger partial charge is 0.267 e. The fourth-order valence-electron chi connectivity index (χ4n) is 6.68. The average molecular weight is 831 g/mol. The molecule has 0 spiro atoms. The molecule has 55 heavy (non-hydrogen) atoms. The second-order valence-electron chi connectivity index (χ2n) is 13.3. The summed E-state index contributed by atoms with van der Waals surface area (Å²) in [6.07, 6.45) is -31.6. The first kappa shape index (κ1) is 46.8. The Morgan fingerprint density at radius 1 is 0.509 bits per heavy atom. The molecule has 0 aliphatic carbocycles. The van der Waals surface area contributed by atoms with Gasteiger partial charge in [0.2, 0.25) is 0 Å². The molecule has 0 amide bonds. The SMILES string of the molecule is COCC1O[C@H](OC)C(O)[C@@H](O)[C@@H]1O[C@H]1OC(CO[C@H]2OC(COCCS(=O)(=O)O)[C@@H](OC)[C@H](O)C2O)[C@@H](O[C@H]2OC(CO)[C@@H](OC)[C@H](O)C2O)[C@H](O)C1O. The molecule has 0 saturated carbocycles. The molecule has 4 aliphatic rings. The van der Waals surface area contributed by atoms with Gasteiger partial charge in [-0.25, -0.2) is 0 Å². The zero-order valence-corrected chi connectivity index (χ0v) is 31.2. The van der Waals surface area contributed by atoms with Gasteiger partial charge < -0.3 is 103 Å². The molecular formula is C30H54O24S. The summed E-state index contributed by atoms with van der Waals surface area (Å²) >= 11 is 0. The minimum Gasteiger partial charge on any atom is -0.394 e. The Hall–Kier alpha value is -0.930. The van der Waals surface area contributed by atoms with E-state index in [-0.39, 0.29) is 6.61 Å². The molecule has 0 radical (unpaired) electrons. The summed E-state index contributed by atoms with van der Waals surface area (Å²) in [7, 11) is 0.608. The second-order valence-corrected chi connectivity index (χ2v) is 14.8. The zero-order chi connectivity index (χ0) is 40.8. The fourth-order valence-corrected chi connectivity index (χ4v) is 7.00. The third kappa shape index (κ3) is 11.2. The van der Waals surface area contributed by atoms with Crippen molar-refractivity contribution in [3.8, 4) is 0 Å².